The van der Waals surface area contributed by atoms with E-state index in [2.05, 4.69) is 10.2 Å². The van der Waals surface area contributed by atoms with Crippen molar-refractivity contribution in [2.45, 2.75) is 13.0 Å². The predicted octanol–water partition coefficient (Wildman–Crippen LogP) is 1.04. The second-order valence-corrected chi connectivity index (χ2v) is 4.52. The number of carbonyl (C=O) groups excluding carboxylic acids is 1. The van der Waals surface area contributed by atoms with Crippen LogP contribution in [-0.4, -0.2) is 27.5 Å². The molecule has 0 spiro atoms. The molecule has 0 aliphatic carbocycles. The normalized spacial score (nSPS) is 14.3. The number of carbonyl (C=O) groups is 1. The van der Waals surface area contributed by atoms with Crippen molar-refractivity contribution in [3.05, 3.63) is 57.3 Å². The van der Waals surface area contributed by atoms with Crippen molar-refractivity contribution in [2.24, 2.45) is 0 Å². The standard InChI is InChI=1S/C13H12FN3O2/c14-9-3-1-8(2-4-9)13(19)17-6-5-10-11(7-17)15-16-12(10)18/h1-4H,5-7H2,(H2,15,16,18). The molecule has 5 nitrogen and oxygen atoms in total. The molecular formula is C13H12FN3O2. The van der Waals surface area contributed by atoms with Crippen LogP contribution in [0.2, 0.25) is 0 Å². The maximum Gasteiger partial charge on any atom is 0.267 e. The van der Waals surface area contributed by atoms with Gasteiger partial charge in [-0.1, -0.05) is 0 Å². The average Bonchev–Trinajstić information content (AvgIpc) is 2.80. The topological polar surface area (TPSA) is 69.0 Å². The molecule has 2 heterocycles. The lowest BCUT2D eigenvalue weighted by Crippen LogP contribution is -2.36. The smallest absolute Gasteiger partial charge is 0.267 e. The Labute approximate surface area is 108 Å². The molecule has 0 saturated carbocycles. The Morgan fingerprint density at radius 1 is 1.21 bits per heavy atom. The first kappa shape index (κ1) is 11.7. The number of H-pyrrole nitrogens is 2. The van der Waals surface area contributed by atoms with E-state index in [0.717, 1.165) is 5.69 Å². The molecule has 0 radical (unpaired) electrons. The van der Waals surface area contributed by atoms with Gasteiger partial charge in [-0.15, -0.1) is 0 Å². The van der Waals surface area contributed by atoms with Crippen LogP contribution in [0.15, 0.2) is 29.1 Å². The molecule has 0 saturated heterocycles. The fourth-order valence-electron chi connectivity index (χ4n) is 2.28. The Morgan fingerprint density at radius 2 is 1.95 bits per heavy atom. The molecule has 19 heavy (non-hydrogen) atoms. The average molecular weight is 261 g/mol. The van der Waals surface area contributed by atoms with Gasteiger partial charge in [0.25, 0.3) is 11.5 Å². The first-order valence-corrected chi connectivity index (χ1v) is 5.98. The molecule has 2 aromatic rings. The van der Waals surface area contributed by atoms with E-state index in [1.165, 1.54) is 24.3 Å². The zero-order valence-electron chi connectivity index (χ0n) is 10.1. The van der Waals surface area contributed by atoms with Crippen molar-refractivity contribution in [1.29, 1.82) is 0 Å². The summed E-state index contributed by atoms with van der Waals surface area (Å²) in [6, 6.07) is 5.46. The number of nitrogens with one attached hydrogen (secondary N) is 2. The lowest BCUT2D eigenvalue weighted by Gasteiger charge is -2.26. The van der Waals surface area contributed by atoms with Crippen LogP contribution in [0.4, 0.5) is 4.39 Å². The monoisotopic (exact) mass is 261 g/mol. The molecular weight excluding hydrogens is 249 g/mol. The summed E-state index contributed by atoms with van der Waals surface area (Å²) in [4.78, 5) is 25.3. The summed E-state index contributed by atoms with van der Waals surface area (Å²) in [5.41, 5.74) is 1.78. The van der Waals surface area contributed by atoms with E-state index in [1.54, 1.807) is 4.90 Å². The minimum absolute atomic E-state index is 0.121. The van der Waals surface area contributed by atoms with Crippen LogP contribution >= 0.6 is 0 Å². The van der Waals surface area contributed by atoms with Crippen molar-refractivity contribution in [3.63, 3.8) is 0 Å². The van der Waals surface area contributed by atoms with Crippen LogP contribution in [0.3, 0.4) is 0 Å². The first-order chi connectivity index (χ1) is 9.15. The summed E-state index contributed by atoms with van der Waals surface area (Å²) in [5, 5.41) is 5.30. The summed E-state index contributed by atoms with van der Waals surface area (Å²) >= 11 is 0. The summed E-state index contributed by atoms with van der Waals surface area (Å²) in [6.45, 7) is 0.856. The largest absolute Gasteiger partial charge is 0.332 e. The fourth-order valence-corrected chi connectivity index (χ4v) is 2.28. The van der Waals surface area contributed by atoms with Gasteiger partial charge in [0, 0.05) is 17.7 Å². The quantitative estimate of drug-likeness (QED) is 0.805. The zero-order chi connectivity index (χ0) is 13.4. The molecule has 2 N–H and O–H groups in total. The highest BCUT2D eigenvalue weighted by Gasteiger charge is 2.24. The van der Waals surface area contributed by atoms with Crippen LogP contribution in [0, 0.1) is 5.82 Å². The Hall–Kier alpha value is -2.37. The Morgan fingerprint density at radius 3 is 2.68 bits per heavy atom. The highest BCUT2D eigenvalue weighted by atomic mass is 19.1. The number of fused-ring (bicyclic) bond motifs is 1. The highest BCUT2D eigenvalue weighted by Crippen LogP contribution is 2.16. The number of hydrogen-bond donors (Lipinski definition) is 2. The number of hydrogen-bond acceptors (Lipinski definition) is 2. The molecule has 3 rings (SSSR count). The number of aromatic nitrogens is 2. The van der Waals surface area contributed by atoms with E-state index >= 15 is 0 Å². The van der Waals surface area contributed by atoms with Crippen molar-refractivity contribution < 1.29 is 9.18 Å². The minimum Gasteiger partial charge on any atom is -0.332 e. The van der Waals surface area contributed by atoms with Gasteiger partial charge in [-0.2, -0.15) is 0 Å². The second kappa shape index (κ2) is 4.38. The fraction of sp³-hybridized carbons (Fsp3) is 0.231. The highest BCUT2D eigenvalue weighted by molar-refractivity contribution is 5.94. The molecule has 0 atom stereocenters. The Kier molecular flexibility index (Phi) is 2.70. The second-order valence-electron chi connectivity index (χ2n) is 4.52. The molecule has 1 aromatic heterocycles. The van der Waals surface area contributed by atoms with E-state index in [9.17, 15) is 14.0 Å². The van der Waals surface area contributed by atoms with Crippen molar-refractivity contribution >= 4 is 5.91 Å². The van der Waals surface area contributed by atoms with Crippen molar-refractivity contribution in [3.8, 4) is 0 Å². The third-order valence-electron chi connectivity index (χ3n) is 3.32. The number of halogens is 1. The maximum absolute atomic E-state index is 12.8. The maximum atomic E-state index is 12.8. The van der Waals surface area contributed by atoms with Crippen LogP contribution in [0.1, 0.15) is 21.6 Å². The number of benzene rings is 1. The van der Waals surface area contributed by atoms with Crippen LogP contribution in [-0.2, 0) is 13.0 Å². The summed E-state index contributed by atoms with van der Waals surface area (Å²) in [7, 11) is 0. The zero-order valence-corrected chi connectivity index (χ0v) is 10.1. The summed E-state index contributed by atoms with van der Waals surface area (Å²) in [6.07, 6.45) is 0.529. The van der Waals surface area contributed by atoms with E-state index in [0.29, 0.717) is 30.6 Å². The van der Waals surface area contributed by atoms with Crippen LogP contribution in [0.5, 0.6) is 0 Å². The van der Waals surface area contributed by atoms with E-state index in [4.69, 9.17) is 0 Å². The first-order valence-electron chi connectivity index (χ1n) is 5.98. The number of aromatic amines is 2. The summed E-state index contributed by atoms with van der Waals surface area (Å²) < 4.78 is 12.8. The molecule has 1 aliphatic rings. The number of rotatable bonds is 1. The van der Waals surface area contributed by atoms with Gasteiger partial charge >= 0.3 is 0 Å². The lowest BCUT2D eigenvalue weighted by atomic mass is 10.1. The molecule has 6 heteroatoms. The molecule has 0 bridgehead atoms. The predicted molar refractivity (Wildman–Crippen MR) is 66.3 cm³/mol. The number of nitrogens with zero attached hydrogens (tertiary/aromatic N) is 1. The van der Waals surface area contributed by atoms with Gasteiger partial charge in [-0.25, -0.2) is 4.39 Å². The van der Waals surface area contributed by atoms with Gasteiger partial charge < -0.3 is 10.00 Å². The van der Waals surface area contributed by atoms with Gasteiger partial charge in [-0.05, 0) is 30.7 Å². The Bertz CT molecular complexity index is 672. The van der Waals surface area contributed by atoms with Gasteiger partial charge in [-0.3, -0.25) is 14.7 Å². The molecule has 1 amide bonds. The summed E-state index contributed by atoms with van der Waals surface area (Å²) in [5.74, 6) is -0.528. The SMILES string of the molecule is O=C(c1ccc(F)cc1)N1CCc2c([nH][nH]c2=O)C1. The van der Waals surface area contributed by atoms with Gasteiger partial charge in [0.2, 0.25) is 0 Å². The molecule has 0 fully saturated rings. The van der Waals surface area contributed by atoms with E-state index in [1.807, 2.05) is 0 Å². The van der Waals surface area contributed by atoms with Gasteiger partial charge in [0.15, 0.2) is 0 Å². The van der Waals surface area contributed by atoms with Gasteiger partial charge in [0.05, 0.1) is 12.2 Å². The molecule has 1 aliphatic heterocycles. The number of amides is 1. The molecule has 0 unspecified atom stereocenters. The van der Waals surface area contributed by atoms with Crippen LogP contribution < -0.4 is 5.56 Å². The Balaban J connectivity index is 1.83. The molecule has 98 valence electrons. The van der Waals surface area contributed by atoms with Crippen LogP contribution in [0.25, 0.3) is 0 Å². The van der Waals surface area contributed by atoms with E-state index in [-0.39, 0.29) is 17.3 Å². The minimum atomic E-state index is -0.368. The van der Waals surface area contributed by atoms with Crippen molar-refractivity contribution in [2.75, 3.05) is 6.54 Å². The third kappa shape index (κ3) is 2.05. The lowest BCUT2D eigenvalue weighted by molar-refractivity contribution is 0.0732. The van der Waals surface area contributed by atoms with Crippen molar-refractivity contribution in [1.82, 2.24) is 15.1 Å². The third-order valence-corrected chi connectivity index (χ3v) is 3.32. The molecule has 1 aromatic carbocycles. The van der Waals surface area contributed by atoms with Gasteiger partial charge in [0.1, 0.15) is 5.82 Å². The van der Waals surface area contributed by atoms with E-state index < -0.39 is 0 Å².